The van der Waals surface area contributed by atoms with Crippen molar-refractivity contribution in [1.29, 1.82) is 0 Å². The maximum atomic E-state index is 13.7. The minimum atomic E-state index is -0.685. The molecule has 1 atom stereocenters. The van der Waals surface area contributed by atoms with Crippen LogP contribution in [0.5, 0.6) is 0 Å². The average molecular weight is 488 g/mol. The second-order valence-corrected chi connectivity index (χ2v) is 9.98. The zero-order valence-corrected chi connectivity index (χ0v) is 21.0. The molecule has 0 saturated heterocycles. The summed E-state index contributed by atoms with van der Waals surface area (Å²) in [4.78, 5) is 38.9. The van der Waals surface area contributed by atoms with E-state index >= 15 is 0 Å². The summed E-state index contributed by atoms with van der Waals surface area (Å²) in [6.07, 6.45) is 0. The van der Waals surface area contributed by atoms with Crippen molar-refractivity contribution in [2.24, 2.45) is 0 Å². The van der Waals surface area contributed by atoms with Gasteiger partial charge in [0.25, 0.3) is 11.5 Å². The molecule has 0 spiro atoms. The van der Waals surface area contributed by atoms with Gasteiger partial charge in [-0.05, 0) is 62.3 Å². The van der Waals surface area contributed by atoms with Gasteiger partial charge in [-0.3, -0.25) is 19.1 Å². The molecule has 1 amide bonds. The number of para-hydroxylation sites is 1. The van der Waals surface area contributed by atoms with Crippen molar-refractivity contribution in [1.82, 2.24) is 14.5 Å². The molecule has 3 heterocycles. The van der Waals surface area contributed by atoms with E-state index < -0.39 is 6.04 Å². The second kappa shape index (κ2) is 9.64. The van der Waals surface area contributed by atoms with Gasteiger partial charge in [-0.25, -0.2) is 4.98 Å². The van der Waals surface area contributed by atoms with Gasteiger partial charge >= 0.3 is 0 Å². The third-order valence-electron chi connectivity index (χ3n) is 6.44. The van der Waals surface area contributed by atoms with E-state index in [0.717, 1.165) is 35.8 Å². The quantitative estimate of drug-likeness (QED) is 0.376. The summed E-state index contributed by atoms with van der Waals surface area (Å²) in [5.41, 5.74) is 2.56. The van der Waals surface area contributed by atoms with E-state index in [9.17, 15) is 9.59 Å². The smallest absolute Gasteiger partial charge is 0.263 e. The lowest BCUT2D eigenvalue weighted by Gasteiger charge is -2.25. The fourth-order valence-electron chi connectivity index (χ4n) is 4.54. The van der Waals surface area contributed by atoms with Crippen molar-refractivity contribution in [2.75, 3.05) is 43.5 Å². The third-order valence-corrected chi connectivity index (χ3v) is 7.37. The van der Waals surface area contributed by atoms with Gasteiger partial charge in [0.2, 0.25) is 5.95 Å². The summed E-state index contributed by atoms with van der Waals surface area (Å²) >= 11 is 1.48. The molecule has 0 bridgehead atoms. The molecule has 1 unspecified atom stereocenters. The summed E-state index contributed by atoms with van der Waals surface area (Å²) < 4.78 is 1.56. The number of thiophene rings is 1. The summed E-state index contributed by atoms with van der Waals surface area (Å²) in [7, 11) is 4.15. The van der Waals surface area contributed by atoms with Crippen LogP contribution >= 0.6 is 11.3 Å². The number of hydrogen-bond donors (Lipinski definition) is 0. The lowest BCUT2D eigenvalue weighted by atomic mass is 10.1. The zero-order valence-electron chi connectivity index (χ0n) is 20.2. The highest BCUT2D eigenvalue weighted by Gasteiger charge is 2.41. The van der Waals surface area contributed by atoms with Gasteiger partial charge in [0.05, 0.1) is 17.4 Å². The molecule has 180 valence electrons. The van der Waals surface area contributed by atoms with Gasteiger partial charge in [-0.2, -0.15) is 0 Å². The van der Waals surface area contributed by atoms with Crippen molar-refractivity contribution < 1.29 is 4.79 Å². The number of amides is 1. The zero-order chi connectivity index (χ0) is 24.5. The van der Waals surface area contributed by atoms with Crippen molar-refractivity contribution in [3.63, 3.8) is 0 Å². The van der Waals surface area contributed by atoms with E-state index in [1.807, 2.05) is 35.7 Å². The molecule has 1 aliphatic rings. The van der Waals surface area contributed by atoms with Crippen LogP contribution in [0, 0.1) is 0 Å². The summed E-state index contributed by atoms with van der Waals surface area (Å²) in [6, 6.07) is 18.7. The molecule has 4 aromatic rings. The highest BCUT2D eigenvalue weighted by atomic mass is 32.1. The highest BCUT2D eigenvalue weighted by Crippen LogP contribution is 2.36. The number of carbonyl (C=O) groups is 1. The number of likely N-dealkylation sites (N-methyl/N-ethyl adjacent to an activating group) is 2. The first-order chi connectivity index (χ1) is 17.0. The Kier molecular flexibility index (Phi) is 6.40. The average Bonchev–Trinajstić information content (AvgIpc) is 3.48. The lowest BCUT2D eigenvalue weighted by molar-refractivity contribution is -0.119. The number of hydrogen-bond acceptors (Lipinski definition) is 6. The molecular formula is C27H29N5O2S. The van der Waals surface area contributed by atoms with Gasteiger partial charge < -0.3 is 9.80 Å². The maximum absolute atomic E-state index is 13.7. The molecule has 35 heavy (non-hydrogen) atoms. The molecular weight excluding hydrogens is 458 g/mol. The van der Waals surface area contributed by atoms with Gasteiger partial charge in [-0.1, -0.05) is 30.3 Å². The topological polar surface area (TPSA) is 61.7 Å². The Bertz CT molecular complexity index is 1400. The first-order valence-electron chi connectivity index (χ1n) is 11.8. The fourth-order valence-corrected chi connectivity index (χ4v) is 5.35. The van der Waals surface area contributed by atoms with E-state index in [-0.39, 0.29) is 11.5 Å². The van der Waals surface area contributed by atoms with Crippen molar-refractivity contribution in [3.8, 4) is 0 Å². The number of aromatic nitrogens is 2. The lowest BCUT2D eigenvalue weighted by Crippen LogP contribution is -2.31. The molecule has 0 N–H and O–H groups in total. The van der Waals surface area contributed by atoms with E-state index in [1.165, 1.54) is 11.3 Å². The van der Waals surface area contributed by atoms with Gasteiger partial charge in [0, 0.05) is 30.2 Å². The first kappa shape index (κ1) is 23.3. The number of benzene rings is 2. The van der Waals surface area contributed by atoms with Crippen LogP contribution in [0.1, 0.15) is 23.4 Å². The van der Waals surface area contributed by atoms with Crippen LogP contribution in [0.25, 0.3) is 10.9 Å². The monoisotopic (exact) mass is 487 g/mol. The minimum Gasteiger partial charge on any atom is -0.371 e. The van der Waals surface area contributed by atoms with Crippen LogP contribution in [0.4, 0.5) is 11.6 Å². The van der Waals surface area contributed by atoms with Crippen LogP contribution in [0.2, 0.25) is 0 Å². The molecule has 0 radical (unpaired) electrons. The summed E-state index contributed by atoms with van der Waals surface area (Å²) in [6.45, 7) is 5.36. The Morgan fingerprint density at radius 2 is 1.74 bits per heavy atom. The van der Waals surface area contributed by atoms with Crippen molar-refractivity contribution in [3.05, 3.63) is 86.8 Å². The number of rotatable bonds is 8. The number of nitrogens with zero attached hydrogens (tertiary/aromatic N) is 5. The molecule has 0 saturated carbocycles. The van der Waals surface area contributed by atoms with Crippen molar-refractivity contribution in [2.45, 2.75) is 19.5 Å². The predicted molar refractivity (Wildman–Crippen MR) is 143 cm³/mol. The Hall–Kier alpha value is -3.49. The van der Waals surface area contributed by atoms with Gasteiger partial charge in [-0.15, -0.1) is 11.3 Å². The number of fused-ring (bicyclic) bond motifs is 2. The van der Waals surface area contributed by atoms with Crippen molar-refractivity contribution >= 4 is 39.8 Å². The van der Waals surface area contributed by atoms with Crippen LogP contribution in [-0.4, -0.2) is 54.1 Å². The molecule has 2 aromatic heterocycles. The van der Waals surface area contributed by atoms with Crippen LogP contribution in [-0.2, 0) is 11.3 Å². The molecule has 5 rings (SSSR count). The summed E-state index contributed by atoms with van der Waals surface area (Å²) in [5.74, 6) is 0.278. The second-order valence-electron chi connectivity index (χ2n) is 9.00. The predicted octanol–water partition coefficient (Wildman–Crippen LogP) is 3.98. The largest absolute Gasteiger partial charge is 0.371 e. The molecule has 8 heteroatoms. The summed E-state index contributed by atoms with van der Waals surface area (Å²) in [5, 5.41) is 2.45. The Morgan fingerprint density at radius 1 is 0.971 bits per heavy atom. The minimum absolute atomic E-state index is 0.127. The van der Waals surface area contributed by atoms with Gasteiger partial charge in [0.1, 0.15) is 0 Å². The third kappa shape index (κ3) is 4.35. The van der Waals surface area contributed by atoms with E-state index in [4.69, 9.17) is 4.98 Å². The van der Waals surface area contributed by atoms with E-state index in [2.05, 4.69) is 55.1 Å². The van der Waals surface area contributed by atoms with Crippen LogP contribution < -0.4 is 15.4 Å². The van der Waals surface area contributed by atoms with E-state index in [0.29, 0.717) is 23.4 Å². The Balaban J connectivity index is 1.49. The van der Waals surface area contributed by atoms with Crippen LogP contribution in [0.3, 0.4) is 0 Å². The molecule has 1 aliphatic heterocycles. The first-order valence-corrected chi connectivity index (χ1v) is 12.7. The van der Waals surface area contributed by atoms with Crippen LogP contribution in [0.15, 0.2) is 70.8 Å². The molecule has 2 aromatic carbocycles. The number of carbonyl (C=O) groups excluding carboxylic acids is 1. The Morgan fingerprint density at radius 3 is 2.43 bits per heavy atom. The molecule has 0 aliphatic carbocycles. The fraction of sp³-hybridized carbons (Fsp3) is 0.296. The van der Waals surface area contributed by atoms with E-state index in [1.54, 1.807) is 15.5 Å². The SMILES string of the molecule is CCN(CCN(C)C)c1ccc(CN2C(=O)C(c3cccs3)n3c2nc2ccccc2c3=O)cc1. The molecule has 0 fully saturated rings. The maximum Gasteiger partial charge on any atom is 0.263 e. The van der Waals surface area contributed by atoms with Gasteiger partial charge in [0.15, 0.2) is 6.04 Å². The Labute approximate surface area is 208 Å². The highest BCUT2D eigenvalue weighted by molar-refractivity contribution is 7.10. The molecule has 7 nitrogen and oxygen atoms in total. The normalized spacial score (nSPS) is 15.3. The number of anilines is 2. The standard InChI is InChI=1S/C27H29N5O2S/c1-4-30(16-15-29(2)3)20-13-11-19(12-14-20)18-31-26(34)24(23-10-7-17-35-23)32-25(33)21-8-5-6-9-22(21)28-27(31)32/h5-14,17,24H,4,15-16,18H2,1-3H3.